The maximum Gasteiger partial charge on any atom is 0.247 e. The van der Waals surface area contributed by atoms with Crippen LogP contribution < -0.4 is 0 Å². The number of hydrogen-bond donors (Lipinski definition) is 0. The lowest BCUT2D eigenvalue weighted by molar-refractivity contribution is -0.125. The van der Waals surface area contributed by atoms with Crippen LogP contribution in [0.3, 0.4) is 0 Å². The number of amides is 1. The molecule has 4 heteroatoms. The van der Waals surface area contributed by atoms with Crippen molar-refractivity contribution in [3.63, 3.8) is 0 Å². The molecular weight excluding hydrogens is 268 g/mol. The summed E-state index contributed by atoms with van der Waals surface area (Å²) in [7, 11) is 0. The van der Waals surface area contributed by atoms with Gasteiger partial charge in [-0.1, -0.05) is 0 Å². The van der Waals surface area contributed by atoms with Crippen LogP contribution in [0.1, 0.15) is 30.0 Å². The molecule has 0 spiro atoms. The molecule has 0 radical (unpaired) electrons. The first-order valence-electron chi connectivity index (χ1n) is 6.97. The van der Waals surface area contributed by atoms with Crippen molar-refractivity contribution < 1.29 is 4.79 Å². The Kier molecular flexibility index (Phi) is 3.49. The zero-order valence-electron chi connectivity index (χ0n) is 11.8. The van der Waals surface area contributed by atoms with Crippen molar-refractivity contribution in [3.8, 4) is 0 Å². The van der Waals surface area contributed by atoms with E-state index in [1.165, 1.54) is 10.4 Å². The molecule has 0 bridgehead atoms. The number of rotatable bonds is 3. The van der Waals surface area contributed by atoms with Crippen LogP contribution in [0.15, 0.2) is 35.9 Å². The number of fused-ring (bicyclic) bond motifs is 2. The monoisotopic (exact) mass is 286 g/mol. The molecule has 1 amide bonds. The second kappa shape index (κ2) is 5.29. The summed E-state index contributed by atoms with van der Waals surface area (Å²) in [5.41, 5.74) is 3.50. The van der Waals surface area contributed by atoms with Gasteiger partial charge in [0.2, 0.25) is 5.91 Å². The number of likely N-dealkylation sites (N-methyl/N-ethyl adjacent to an activating group) is 1. The zero-order valence-corrected chi connectivity index (χ0v) is 12.6. The highest BCUT2D eigenvalue weighted by Crippen LogP contribution is 2.36. The van der Waals surface area contributed by atoms with Crippen molar-refractivity contribution >= 4 is 22.8 Å². The third-order valence-corrected chi connectivity index (χ3v) is 4.77. The van der Waals surface area contributed by atoms with Crippen molar-refractivity contribution in [2.24, 2.45) is 0 Å². The average Bonchev–Trinajstić information content (AvgIpc) is 3.08. The minimum atomic E-state index is 0.0963. The third kappa shape index (κ3) is 2.10. The summed E-state index contributed by atoms with van der Waals surface area (Å²) < 4.78 is 2.20. The molecule has 2 aromatic heterocycles. The fourth-order valence-electron chi connectivity index (χ4n) is 2.68. The molecule has 0 N–H and O–H groups in total. The predicted octanol–water partition coefficient (Wildman–Crippen LogP) is 3.21. The van der Waals surface area contributed by atoms with Gasteiger partial charge in [0.15, 0.2) is 0 Å². The summed E-state index contributed by atoms with van der Waals surface area (Å²) in [5.74, 6) is 0.0963. The van der Waals surface area contributed by atoms with Crippen LogP contribution in [0.2, 0.25) is 0 Å². The van der Waals surface area contributed by atoms with Gasteiger partial charge in [-0.05, 0) is 43.0 Å². The topological polar surface area (TPSA) is 25.2 Å². The summed E-state index contributed by atoms with van der Waals surface area (Å²) in [4.78, 5) is 15.5. The largest absolute Gasteiger partial charge is 0.343 e. The van der Waals surface area contributed by atoms with E-state index >= 15 is 0 Å². The molecule has 3 heterocycles. The Labute approximate surface area is 123 Å². The first-order chi connectivity index (χ1) is 9.74. The highest BCUT2D eigenvalue weighted by atomic mass is 32.1. The van der Waals surface area contributed by atoms with E-state index in [1.807, 2.05) is 24.8 Å². The van der Waals surface area contributed by atoms with Crippen molar-refractivity contribution in [2.45, 2.75) is 20.4 Å². The van der Waals surface area contributed by atoms with Gasteiger partial charge in [-0.15, -0.1) is 11.3 Å². The second-order valence-electron chi connectivity index (χ2n) is 4.86. The van der Waals surface area contributed by atoms with Gasteiger partial charge in [0.05, 0.1) is 0 Å². The average molecular weight is 286 g/mol. The van der Waals surface area contributed by atoms with Gasteiger partial charge in [-0.25, -0.2) is 0 Å². The van der Waals surface area contributed by atoms with Crippen molar-refractivity contribution in [1.82, 2.24) is 9.47 Å². The minimum absolute atomic E-state index is 0.0963. The van der Waals surface area contributed by atoms with Crippen LogP contribution in [0, 0.1) is 0 Å². The Hall–Kier alpha value is -1.81. The molecule has 0 saturated carbocycles. The van der Waals surface area contributed by atoms with E-state index in [4.69, 9.17) is 0 Å². The third-order valence-electron chi connectivity index (χ3n) is 3.78. The first-order valence-corrected chi connectivity index (χ1v) is 7.85. The van der Waals surface area contributed by atoms with Crippen LogP contribution in [0.5, 0.6) is 0 Å². The van der Waals surface area contributed by atoms with Gasteiger partial charge >= 0.3 is 0 Å². The first kappa shape index (κ1) is 13.2. The second-order valence-corrected chi connectivity index (χ2v) is 5.78. The Morgan fingerprint density at radius 3 is 2.95 bits per heavy atom. The predicted molar refractivity (Wildman–Crippen MR) is 82.9 cm³/mol. The van der Waals surface area contributed by atoms with E-state index in [0.717, 1.165) is 30.9 Å². The highest BCUT2D eigenvalue weighted by Gasteiger charge is 2.22. The Bertz CT molecular complexity index is 619. The van der Waals surface area contributed by atoms with E-state index in [-0.39, 0.29) is 5.91 Å². The Morgan fingerprint density at radius 1 is 1.40 bits per heavy atom. The molecule has 0 atom stereocenters. The van der Waals surface area contributed by atoms with Gasteiger partial charge in [0.1, 0.15) is 0 Å². The normalized spacial score (nSPS) is 15.0. The number of thiophene rings is 1. The quantitative estimate of drug-likeness (QED) is 0.679. The van der Waals surface area contributed by atoms with Crippen LogP contribution >= 0.6 is 11.3 Å². The van der Waals surface area contributed by atoms with E-state index < -0.39 is 0 Å². The fourth-order valence-corrected chi connectivity index (χ4v) is 3.63. The number of carbonyl (C=O) groups is 1. The summed E-state index contributed by atoms with van der Waals surface area (Å²) >= 11 is 1.72. The highest BCUT2D eigenvalue weighted by molar-refractivity contribution is 7.11. The molecule has 20 heavy (non-hydrogen) atoms. The van der Waals surface area contributed by atoms with Gasteiger partial charge in [0.25, 0.3) is 0 Å². The van der Waals surface area contributed by atoms with E-state index in [2.05, 4.69) is 28.3 Å². The van der Waals surface area contributed by atoms with E-state index in [1.54, 1.807) is 17.4 Å². The molecule has 3 rings (SSSR count). The Morgan fingerprint density at radius 2 is 2.20 bits per heavy atom. The maximum atomic E-state index is 12.4. The molecule has 0 saturated heterocycles. The van der Waals surface area contributed by atoms with Crippen molar-refractivity contribution in [3.05, 3.63) is 52.0 Å². The summed E-state index contributed by atoms with van der Waals surface area (Å²) in [6.07, 6.45) is 3.87. The van der Waals surface area contributed by atoms with Gasteiger partial charge in [-0.2, -0.15) is 0 Å². The van der Waals surface area contributed by atoms with Crippen LogP contribution in [0.25, 0.3) is 5.57 Å². The zero-order chi connectivity index (χ0) is 14.1. The van der Waals surface area contributed by atoms with Crippen LogP contribution in [0.4, 0.5) is 0 Å². The van der Waals surface area contributed by atoms with E-state index in [9.17, 15) is 4.79 Å². The number of carbonyl (C=O) groups excluding carboxylic acids is 1. The molecule has 0 unspecified atom stereocenters. The van der Waals surface area contributed by atoms with Gasteiger partial charge in [0, 0.05) is 48.1 Å². The molecule has 3 nitrogen and oxygen atoms in total. The summed E-state index contributed by atoms with van der Waals surface area (Å²) in [6.45, 7) is 6.42. The Balaban J connectivity index is 2.05. The number of nitrogens with zero attached hydrogens (tertiary/aromatic N) is 2. The molecular formula is C16H18N2OS. The lowest BCUT2D eigenvalue weighted by atomic mass is 10.0. The molecule has 2 aromatic rings. The maximum absolute atomic E-state index is 12.4. The molecule has 0 fully saturated rings. The van der Waals surface area contributed by atoms with Crippen molar-refractivity contribution in [1.29, 1.82) is 0 Å². The van der Waals surface area contributed by atoms with Crippen LogP contribution in [-0.4, -0.2) is 28.5 Å². The fraction of sp³-hybridized carbons (Fsp3) is 0.312. The summed E-state index contributed by atoms with van der Waals surface area (Å²) in [6, 6.07) is 6.28. The summed E-state index contributed by atoms with van der Waals surface area (Å²) in [5, 5.41) is 2.10. The lowest BCUT2D eigenvalue weighted by Crippen LogP contribution is -2.29. The standard InChI is InChI=1S/C16H18N2OS/c1-3-17(4-2)15(19)10-13-14-6-5-8-18(14)11-12-7-9-20-16(12)13/h5-10H,3-4,11H2,1-2H3/b13-10-. The molecule has 0 aliphatic carbocycles. The molecule has 1 aliphatic rings. The minimum Gasteiger partial charge on any atom is -0.343 e. The molecule has 1 aliphatic heterocycles. The number of aromatic nitrogens is 1. The van der Waals surface area contributed by atoms with Gasteiger partial charge < -0.3 is 9.47 Å². The van der Waals surface area contributed by atoms with E-state index in [0.29, 0.717) is 0 Å². The van der Waals surface area contributed by atoms with Crippen LogP contribution in [-0.2, 0) is 11.3 Å². The number of hydrogen-bond acceptors (Lipinski definition) is 2. The SMILES string of the molecule is CCN(CC)C(=O)/C=C1\c2sccc2Cn2cccc21. The lowest BCUT2D eigenvalue weighted by Gasteiger charge is -2.21. The van der Waals surface area contributed by atoms with Gasteiger partial charge in [-0.3, -0.25) is 4.79 Å². The molecule has 104 valence electrons. The smallest absolute Gasteiger partial charge is 0.247 e. The molecule has 0 aromatic carbocycles. The van der Waals surface area contributed by atoms with Crippen molar-refractivity contribution in [2.75, 3.05) is 13.1 Å².